The summed E-state index contributed by atoms with van der Waals surface area (Å²) < 4.78 is 5.17. The number of para-hydroxylation sites is 2. The molecule has 1 aromatic heterocycles. The normalized spacial score (nSPS) is 13.0. The second kappa shape index (κ2) is 8.31. The van der Waals surface area contributed by atoms with Gasteiger partial charge in [0.15, 0.2) is 0 Å². The van der Waals surface area contributed by atoms with Gasteiger partial charge in [0.1, 0.15) is 17.5 Å². The van der Waals surface area contributed by atoms with Crippen molar-refractivity contribution in [3.8, 4) is 0 Å². The number of hydrogen-bond acceptors (Lipinski definition) is 6. The molecule has 148 valence electrons. The fraction of sp³-hybridized carbons (Fsp3) is 0.261. The first-order valence-corrected chi connectivity index (χ1v) is 9.90. The van der Waals surface area contributed by atoms with Crippen molar-refractivity contribution in [2.75, 3.05) is 23.4 Å². The molecule has 0 atom stereocenters. The van der Waals surface area contributed by atoms with E-state index in [4.69, 9.17) is 4.74 Å². The van der Waals surface area contributed by atoms with E-state index in [2.05, 4.69) is 44.5 Å². The summed E-state index contributed by atoms with van der Waals surface area (Å²) in [6, 6.07) is 17.7. The highest BCUT2D eigenvalue weighted by molar-refractivity contribution is 5.96. The Hall–Kier alpha value is -3.41. The number of carbonyl (C=O) groups excluding carboxylic acids is 1. The molecular formula is C23H24N4O2. The monoisotopic (exact) mass is 388 g/mol. The van der Waals surface area contributed by atoms with E-state index in [1.807, 2.05) is 31.2 Å². The molecule has 3 aromatic rings. The number of ether oxygens (including phenoxy) is 1. The van der Waals surface area contributed by atoms with Crippen LogP contribution in [0.5, 0.6) is 0 Å². The van der Waals surface area contributed by atoms with Crippen LogP contribution in [-0.2, 0) is 11.2 Å². The molecule has 0 saturated carbocycles. The quantitative estimate of drug-likeness (QED) is 0.634. The van der Waals surface area contributed by atoms with E-state index < -0.39 is 0 Å². The Morgan fingerprint density at radius 1 is 1.14 bits per heavy atom. The van der Waals surface area contributed by atoms with Gasteiger partial charge in [-0.1, -0.05) is 30.3 Å². The summed E-state index contributed by atoms with van der Waals surface area (Å²) in [5.74, 6) is 1.81. The highest BCUT2D eigenvalue weighted by atomic mass is 16.5. The first-order chi connectivity index (χ1) is 14.2. The lowest BCUT2D eigenvalue weighted by Crippen LogP contribution is -2.25. The second-order valence-electron chi connectivity index (χ2n) is 6.93. The van der Waals surface area contributed by atoms with Crippen molar-refractivity contribution in [3.63, 3.8) is 0 Å². The number of benzene rings is 2. The molecule has 0 amide bonds. The molecule has 0 radical (unpaired) electrons. The van der Waals surface area contributed by atoms with Gasteiger partial charge >= 0.3 is 5.97 Å². The predicted octanol–water partition coefficient (Wildman–Crippen LogP) is 4.79. The summed E-state index contributed by atoms with van der Waals surface area (Å²) in [4.78, 5) is 23.7. The number of carbonyl (C=O) groups is 1. The zero-order valence-electron chi connectivity index (χ0n) is 16.7. The fourth-order valence-corrected chi connectivity index (χ4v) is 3.64. The molecule has 1 aliphatic heterocycles. The van der Waals surface area contributed by atoms with Gasteiger partial charge in [-0.05, 0) is 50.5 Å². The van der Waals surface area contributed by atoms with E-state index >= 15 is 0 Å². The smallest absolute Gasteiger partial charge is 0.340 e. The highest BCUT2D eigenvalue weighted by Crippen LogP contribution is 2.33. The molecule has 0 unspecified atom stereocenters. The molecule has 4 rings (SSSR count). The Bertz CT molecular complexity index is 1030. The lowest BCUT2D eigenvalue weighted by Gasteiger charge is -2.30. The van der Waals surface area contributed by atoms with Gasteiger partial charge in [0, 0.05) is 18.3 Å². The van der Waals surface area contributed by atoms with Crippen molar-refractivity contribution in [1.29, 1.82) is 0 Å². The average molecular weight is 388 g/mol. The maximum atomic E-state index is 12.3. The van der Waals surface area contributed by atoms with Crippen molar-refractivity contribution >= 4 is 29.0 Å². The van der Waals surface area contributed by atoms with Crippen LogP contribution >= 0.6 is 0 Å². The van der Waals surface area contributed by atoms with E-state index in [-0.39, 0.29) is 5.97 Å². The van der Waals surface area contributed by atoms with E-state index in [1.54, 1.807) is 13.0 Å². The fourth-order valence-electron chi connectivity index (χ4n) is 3.64. The van der Waals surface area contributed by atoms with E-state index in [1.165, 1.54) is 11.3 Å². The summed E-state index contributed by atoms with van der Waals surface area (Å²) in [6.45, 7) is 4.91. The van der Waals surface area contributed by atoms with E-state index in [9.17, 15) is 4.79 Å². The number of fused-ring (bicyclic) bond motifs is 1. The zero-order valence-corrected chi connectivity index (χ0v) is 16.7. The standard InChI is InChI=1S/C23H24N4O2/c1-3-29-23(28)18-11-5-6-12-19(18)26-21-15-22(25-16(2)24-21)27-14-8-10-17-9-4-7-13-20(17)27/h4-7,9,11-13,15H,3,8,10,14H2,1-2H3,(H,24,25,26). The summed E-state index contributed by atoms with van der Waals surface area (Å²) in [5, 5.41) is 3.28. The van der Waals surface area contributed by atoms with Crippen molar-refractivity contribution in [3.05, 3.63) is 71.5 Å². The Morgan fingerprint density at radius 2 is 1.93 bits per heavy atom. The highest BCUT2D eigenvalue weighted by Gasteiger charge is 2.20. The van der Waals surface area contributed by atoms with Gasteiger partial charge in [-0.15, -0.1) is 0 Å². The first kappa shape index (κ1) is 18.9. The molecule has 2 aromatic carbocycles. The molecule has 1 aliphatic rings. The first-order valence-electron chi connectivity index (χ1n) is 9.90. The molecular weight excluding hydrogens is 364 g/mol. The number of hydrogen-bond donors (Lipinski definition) is 1. The SMILES string of the molecule is CCOC(=O)c1ccccc1Nc1cc(N2CCCc3ccccc32)nc(C)n1. The van der Waals surface area contributed by atoms with Crippen molar-refractivity contribution < 1.29 is 9.53 Å². The minimum absolute atomic E-state index is 0.332. The Labute approximate surface area is 170 Å². The zero-order chi connectivity index (χ0) is 20.2. The number of nitrogens with zero attached hydrogens (tertiary/aromatic N) is 3. The summed E-state index contributed by atoms with van der Waals surface area (Å²) >= 11 is 0. The van der Waals surface area contributed by atoms with Crippen LogP contribution in [0, 0.1) is 6.92 Å². The van der Waals surface area contributed by atoms with Gasteiger partial charge in [0.25, 0.3) is 0 Å². The van der Waals surface area contributed by atoms with Gasteiger partial charge in [-0.25, -0.2) is 14.8 Å². The summed E-state index contributed by atoms with van der Waals surface area (Å²) in [7, 11) is 0. The van der Waals surface area contributed by atoms with Gasteiger partial charge in [0.05, 0.1) is 17.9 Å². The molecule has 29 heavy (non-hydrogen) atoms. The molecule has 1 N–H and O–H groups in total. The predicted molar refractivity (Wildman–Crippen MR) is 114 cm³/mol. The third-order valence-corrected chi connectivity index (χ3v) is 4.90. The van der Waals surface area contributed by atoms with Crippen molar-refractivity contribution in [2.45, 2.75) is 26.7 Å². The lowest BCUT2D eigenvalue weighted by molar-refractivity contribution is 0.0527. The number of aryl methyl sites for hydroxylation is 2. The minimum Gasteiger partial charge on any atom is -0.462 e. The minimum atomic E-state index is -0.355. The van der Waals surface area contributed by atoms with Crippen LogP contribution in [0.3, 0.4) is 0 Å². The number of rotatable bonds is 5. The van der Waals surface area contributed by atoms with Gasteiger partial charge in [0.2, 0.25) is 0 Å². The summed E-state index contributed by atoms with van der Waals surface area (Å²) in [6.07, 6.45) is 2.16. The van der Waals surface area contributed by atoms with Crippen LogP contribution in [0.4, 0.5) is 23.0 Å². The van der Waals surface area contributed by atoms with Crippen LogP contribution in [0.25, 0.3) is 0 Å². The Kier molecular flexibility index (Phi) is 5.42. The molecule has 2 heterocycles. The molecule has 6 nitrogen and oxygen atoms in total. The molecule has 0 saturated heterocycles. The van der Waals surface area contributed by atoms with Crippen LogP contribution < -0.4 is 10.2 Å². The molecule has 0 aliphatic carbocycles. The topological polar surface area (TPSA) is 67.3 Å². The Balaban J connectivity index is 1.67. The largest absolute Gasteiger partial charge is 0.462 e. The van der Waals surface area contributed by atoms with Crippen molar-refractivity contribution in [2.24, 2.45) is 0 Å². The third-order valence-electron chi connectivity index (χ3n) is 4.90. The summed E-state index contributed by atoms with van der Waals surface area (Å²) in [5.41, 5.74) is 3.66. The second-order valence-corrected chi connectivity index (χ2v) is 6.93. The van der Waals surface area contributed by atoms with Gasteiger partial charge < -0.3 is 15.0 Å². The van der Waals surface area contributed by atoms with Gasteiger partial charge in [-0.3, -0.25) is 0 Å². The maximum Gasteiger partial charge on any atom is 0.340 e. The molecule has 0 spiro atoms. The third kappa shape index (κ3) is 4.06. The average Bonchev–Trinajstić information content (AvgIpc) is 2.73. The van der Waals surface area contributed by atoms with E-state index in [0.717, 1.165) is 25.2 Å². The van der Waals surface area contributed by atoms with Crippen LogP contribution in [0.1, 0.15) is 35.1 Å². The van der Waals surface area contributed by atoms with Crippen LogP contribution in [0.2, 0.25) is 0 Å². The van der Waals surface area contributed by atoms with Crippen molar-refractivity contribution in [1.82, 2.24) is 9.97 Å². The van der Waals surface area contributed by atoms with E-state index in [0.29, 0.717) is 29.5 Å². The molecule has 0 fully saturated rings. The lowest BCUT2D eigenvalue weighted by atomic mass is 10.0. The number of anilines is 4. The number of esters is 1. The molecule has 6 heteroatoms. The molecule has 0 bridgehead atoms. The van der Waals surface area contributed by atoms with Crippen LogP contribution in [-0.4, -0.2) is 29.1 Å². The Morgan fingerprint density at radius 3 is 2.79 bits per heavy atom. The maximum absolute atomic E-state index is 12.3. The van der Waals surface area contributed by atoms with Crippen LogP contribution in [0.15, 0.2) is 54.6 Å². The number of nitrogens with one attached hydrogen (secondary N) is 1. The number of aromatic nitrogens is 2. The van der Waals surface area contributed by atoms with Gasteiger partial charge in [-0.2, -0.15) is 0 Å².